The van der Waals surface area contributed by atoms with Crippen molar-refractivity contribution in [3.05, 3.63) is 56.9 Å². The fourth-order valence-electron chi connectivity index (χ4n) is 2.20. The minimum absolute atomic E-state index is 0.0230. The molecule has 1 heterocycles. The molecule has 1 amide bonds. The summed E-state index contributed by atoms with van der Waals surface area (Å²) >= 11 is 4.54. The van der Waals surface area contributed by atoms with Crippen LogP contribution in [-0.2, 0) is 4.79 Å². The molecule has 2 N–H and O–H groups in total. The van der Waals surface area contributed by atoms with E-state index >= 15 is 0 Å². The predicted molar refractivity (Wildman–Crippen MR) is 104 cm³/mol. The van der Waals surface area contributed by atoms with Crippen LogP contribution >= 0.6 is 27.7 Å². The van der Waals surface area contributed by atoms with E-state index in [-0.39, 0.29) is 11.7 Å². The summed E-state index contributed by atoms with van der Waals surface area (Å²) in [7, 11) is 1.47. The fraction of sp³-hybridized carbons (Fsp3) is 0.111. The molecule has 25 heavy (non-hydrogen) atoms. The second-order valence-electron chi connectivity index (χ2n) is 5.37. The Hall–Kier alpha value is -2.25. The first-order valence-electron chi connectivity index (χ1n) is 7.39. The van der Waals surface area contributed by atoms with Gasteiger partial charge in [-0.25, -0.2) is 4.99 Å². The Labute approximate surface area is 157 Å². The molecule has 0 saturated carbocycles. The maximum atomic E-state index is 12.2. The predicted octanol–water partition coefficient (Wildman–Crippen LogP) is 4.36. The summed E-state index contributed by atoms with van der Waals surface area (Å²) in [5.74, 6) is 0.145. The molecule has 2 aromatic rings. The first-order chi connectivity index (χ1) is 12.0. The van der Waals surface area contributed by atoms with Crippen molar-refractivity contribution in [1.29, 1.82) is 0 Å². The third-order valence-corrected chi connectivity index (χ3v) is 5.00. The number of aliphatic imine (C=N–C) groups is 1. The lowest BCUT2D eigenvalue weighted by atomic mass is 10.2. The highest BCUT2D eigenvalue weighted by Gasteiger charge is 2.24. The van der Waals surface area contributed by atoms with Crippen molar-refractivity contribution in [1.82, 2.24) is 5.32 Å². The minimum atomic E-state index is -0.209. The number of rotatable bonds is 3. The number of ether oxygens (including phenoxy) is 1. The molecule has 0 spiro atoms. The average Bonchev–Trinajstić information content (AvgIpc) is 2.92. The molecule has 0 aliphatic carbocycles. The van der Waals surface area contributed by atoms with Crippen molar-refractivity contribution in [2.24, 2.45) is 4.99 Å². The number of carbonyl (C=O) groups excluding carboxylic acids is 1. The van der Waals surface area contributed by atoms with Crippen LogP contribution in [0, 0.1) is 6.92 Å². The largest absolute Gasteiger partial charge is 0.503 e. The fourth-order valence-corrected chi connectivity index (χ4v) is 3.50. The molecule has 0 bridgehead atoms. The highest BCUT2D eigenvalue weighted by Crippen LogP contribution is 2.37. The van der Waals surface area contributed by atoms with E-state index < -0.39 is 0 Å². The minimum Gasteiger partial charge on any atom is -0.503 e. The van der Waals surface area contributed by atoms with Crippen molar-refractivity contribution in [2.75, 3.05) is 7.11 Å². The molecule has 7 heteroatoms. The highest BCUT2D eigenvalue weighted by atomic mass is 79.9. The SMILES string of the molecule is COc1cc(C=C2SC(=Nc3ccc(C)cc3)NC2=O)cc(Br)c1O. The number of benzene rings is 2. The van der Waals surface area contributed by atoms with Crippen LogP contribution in [0.1, 0.15) is 11.1 Å². The highest BCUT2D eigenvalue weighted by molar-refractivity contribution is 9.10. The van der Waals surface area contributed by atoms with Gasteiger partial charge in [0.25, 0.3) is 5.91 Å². The second-order valence-corrected chi connectivity index (χ2v) is 7.26. The third kappa shape index (κ3) is 4.05. The molecule has 3 rings (SSSR count). The topological polar surface area (TPSA) is 70.9 Å². The molecular formula is C18H15BrN2O3S. The normalized spacial score (nSPS) is 17.2. The standard InChI is InChI=1S/C18H15BrN2O3S/c1-10-3-5-12(6-4-10)20-18-21-17(23)15(25-18)9-11-7-13(19)16(22)14(8-11)24-2/h3-9,22H,1-2H3,(H,20,21,23). The van der Waals surface area contributed by atoms with Crippen molar-refractivity contribution in [3.8, 4) is 11.5 Å². The molecule has 1 fully saturated rings. The van der Waals surface area contributed by atoms with Gasteiger partial charge in [0.05, 0.1) is 22.2 Å². The smallest absolute Gasteiger partial charge is 0.264 e. The number of phenols is 1. The summed E-state index contributed by atoms with van der Waals surface area (Å²) < 4.78 is 5.62. The number of halogens is 1. The quantitative estimate of drug-likeness (QED) is 0.726. The zero-order chi connectivity index (χ0) is 18.0. The summed E-state index contributed by atoms with van der Waals surface area (Å²) in [5.41, 5.74) is 2.67. The number of hydrogen-bond donors (Lipinski definition) is 2. The first kappa shape index (κ1) is 17.6. The van der Waals surface area contributed by atoms with Gasteiger partial charge >= 0.3 is 0 Å². The van der Waals surface area contributed by atoms with Crippen LogP contribution in [0.3, 0.4) is 0 Å². The Morgan fingerprint density at radius 2 is 2.00 bits per heavy atom. The second kappa shape index (κ2) is 7.33. The number of amidine groups is 1. The molecular weight excluding hydrogens is 404 g/mol. The summed E-state index contributed by atoms with van der Waals surface area (Å²) in [6.07, 6.45) is 1.73. The van der Waals surface area contributed by atoms with E-state index in [1.165, 1.54) is 18.9 Å². The van der Waals surface area contributed by atoms with E-state index in [1.807, 2.05) is 31.2 Å². The Balaban J connectivity index is 1.86. The van der Waals surface area contributed by atoms with Crippen LogP contribution in [0.15, 0.2) is 50.8 Å². The molecule has 1 aliphatic heterocycles. The number of nitrogens with one attached hydrogen (secondary N) is 1. The first-order valence-corrected chi connectivity index (χ1v) is 9.00. The van der Waals surface area contributed by atoms with E-state index in [0.717, 1.165) is 16.8 Å². The maximum Gasteiger partial charge on any atom is 0.264 e. The van der Waals surface area contributed by atoms with Crippen LogP contribution in [0.25, 0.3) is 6.08 Å². The van der Waals surface area contributed by atoms with Gasteiger partial charge < -0.3 is 15.2 Å². The van der Waals surface area contributed by atoms with Crippen LogP contribution in [-0.4, -0.2) is 23.3 Å². The lowest BCUT2D eigenvalue weighted by molar-refractivity contribution is -0.115. The summed E-state index contributed by atoms with van der Waals surface area (Å²) in [5, 5.41) is 13.2. The van der Waals surface area contributed by atoms with Gasteiger partial charge in [0.1, 0.15) is 0 Å². The van der Waals surface area contributed by atoms with E-state index in [9.17, 15) is 9.90 Å². The van der Waals surface area contributed by atoms with Gasteiger partial charge in [-0.2, -0.15) is 0 Å². The number of hydrogen-bond acceptors (Lipinski definition) is 5. The molecule has 5 nitrogen and oxygen atoms in total. The number of methoxy groups -OCH3 is 1. The number of carbonyl (C=O) groups is 1. The Morgan fingerprint density at radius 1 is 1.28 bits per heavy atom. The number of amides is 1. The van der Waals surface area contributed by atoms with Gasteiger partial charge in [-0.05, 0) is 70.5 Å². The number of phenolic OH excluding ortho intramolecular Hbond substituents is 1. The van der Waals surface area contributed by atoms with Crippen molar-refractivity contribution < 1.29 is 14.6 Å². The van der Waals surface area contributed by atoms with Gasteiger partial charge in [0.2, 0.25) is 0 Å². The monoisotopic (exact) mass is 418 g/mol. The van der Waals surface area contributed by atoms with Crippen molar-refractivity contribution in [3.63, 3.8) is 0 Å². The van der Waals surface area contributed by atoms with Crippen LogP contribution in [0.4, 0.5) is 5.69 Å². The number of aromatic hydroxyl groups is 1. The molecule has 0 radical (unpaired) electrons. The Bertz CT molecular complexity index is 892. The zero-order valence-electron chi connectivity index (χ0n) is 13.5. The summed E-state index contributed by atoms with van der Waals surface area (Å²) in [6.45, 7) is 2.01. The van der Waals surface area contributed by atoms with Gasteiger partial charge in [-0.1, -0.05) is 17.7 Å². The molecule has 0 aromatic heterocycles. The van der Waals surface area contributed by atoms with Gasteiger partial charge in [0.15, 0.2) is 16.7 Å². The van der Waals surface area contributed by atoms with E-state index in [1.54, 1.807) is 18.2 Å². The van der Waals surface area contributed by atoms with Gasteiger partial charge in [0, 0.05) is 0 Å². The number of thioether (sulfide) groups is 1. The number of nitrogens with zero attached hydrogens (tertiary/aromatic N) is 1. The summed E-state index contributed by atoms with van der Waals surface area (Å²) in [4.78, 5) is 17.1. The average molecular weight is 419 g/mol. The van der Waals surface area contributed by atoms with Crippen LogP contribution < -0.4 is 10.1 Å². The lowest BCUT2D eigenvalue weighted by Gasteiger charge is -2.06. The van der Waals surface area contributed by atoms with Crippen LogP contribution in [0.2, 0.25) is 0 Å². The lowest BCUT2D eigenvalue weighted by Crippen LogP contribution is -2.19. The van der Waals surface area contributed by atoms with Crippen molar-refractivity contribution in [2.45, 2.75) is 6.92 Å². The van der Waals surface area contributed by atoms with E-state index in [4.69, 9.17) is 4.74 Å². The van der Waals surface area contributed by atoms with Gasteiger partial charge in [-0.3, -0.25) is 4.79 Å². The van der Waals surface area contributed by atoms with Gasteiger partial charge in [-0.15, -0.1) is 0 Å². The Morgan fingerprint density at radius 3 is 2.68 bits per heavy atom. The third-order valence-electron chi connectivity index (χ3n) is 3.48. The van der Waals surface area contributed by atoms with Crippen LogP contribution in [0.5, 0.6) is 11.5 Å². The van der Waals surface area contributed by atoms with E-state index in [0.29, 0.717) is 20.3 Å². The molecule has 1 saturated heterocycles. The molecule has 0 atom stereocenters. The van der Waals surface area contributed by atoms with Crippen molar-refractivity contribution >= 4 is 50.5 Å². The summed E-state index contributed by atoms with van der Waals surface area (Å²) in [6, 6.07) is 11.1. The Kier molecular flexibility index (Phi) is 5.15. The molecule has 0 unspecified atom stereocenters. The molecule has 1 aliphatic rings. The molecule has 128 valence electrons. The zero-order valence-corrected chi connectivity index (χ0v) is 15.9. The molecule has 2 aromatic carbocycles. The number of aryl methyl sites for hydroxylation is 1. The maximum absolute atomic E-state index is 12.2. The van der Waals surface area contributed by atoms with E-state index in [2.05, 4.69) is 26.2 Å².